The molecule has 0 atom stereocenters. The Morgan fingerprint density at radius 1 is 1.00 bits per heavy atom. The smallest absolute Gasteiger partial charge is 0.257 e. The van der Waals surface area contributed by atoms with Gasteiger partial charge in [0, 0.05) is 39.3 Å². The molecule has 142 valence electrons. The molecule has 2 aliphatic rings. The summed E-state index contributed by atoms with van der Waals surface area (Å²) in [6.45, 7) is 3.94. The molecule has 0 bridgehead atoms. The predicted molar refractivity (Wildman–Crippen MR) is 101 cm³/mol. The fourth-order valence-electron chi connectivity index (χ4n) is 3.99. The summed E-state index contributed by atoms with van der Waals surface area (Å²) in [7, 11) is 0. The Morgan fingerprint density at radius 2 is 1.74 bits per heavy atom. The van der Waals surface area contributed by atoms with Crippen molar-refractivity contribution in [2.45, 2.75) is 12.8 Å². The lowest BCUT2D eigenvalue weighted by Gasteiger charge is -2.44. The van der Waals surface area contributed by atoms with Crippen molar-refractivity contribution in [1.29, 1.82) is 0 Å². The summed E-state index contributed by atoms with van der Waals surface area (Å²) >= 11 is 0. The molecular formula is C21H25N3O3. The SMILES string of the molecule is O=C(c1ccoc1)N1CCCN(C(=O)C2(Cc3ccccc3)CNC2)CC1. The molecular weight excluding hydrogens is 342 g/mol. The van der Waals surface area contributed by atoms with Crippen molar-refractivity contribution in [3.63, 3.8) is 0 Å². The van der Waals surface area contributed by atoms with Gasteiger partial charge in [-0.15, -0.1) is 0 Å². The summed E-state index contributed by atoms with van der Waals surface area (Å²) < 4.78 is 5.02. The maximum absolute atomic E-state index is 13.3. The summed E-state index contributed by atoms with van der Waals surface area (Å²) in [5.74, 6) is 0.185. The first-order chi connectivity index (χ1) is 13.2. The number of amides is 2. The van der Waals surface area contributed by atoms with E-state index in [-0.39, 0.29) is 17.2 Å². The summed E-state index contributed by atoms with van der Waals surface area (Å²) in [5.41, 5.74) is 1.41. The summed E-state index contributed by atoms with van der Waals surface area (Å²) in [4.78, 5) is 29.7. The topological polar surface area (TPSA) is 65.8 Å². The average Bonchev–Trinajstić information content (AvgIpc) is 3.09. The van der Waals surface area contributed by atoms with Crippen LogP contribution in [0, 0.1) is 5.41 Å². The van der Waals surface area contributed by atoms with Crippen molar-refractivity contribution in [3.05, 3.63) is 60.1 Å². The molecule has 3 heterocycles. The van der Waals surface area contributed by atoms with E-state index in [1.807, 2.05) is 28.0 Å². The molecule has 0 saturated carbocycles. The van der Waals surface area contributed by atoms with Crippen molar-refractivity contribution in [1.82, 2.24) is 15.1 Å². The molecule has 0 radical (unpaired) electrons. The van der Waals surface area contributed by atoms with E-state index in [0.29, 0.717) is 31.7 Å². The van der Waals surface area contributed by atoms with E-state index < -0.39 is 0 Å². The van der Waals surface area contributed by atoms with Gasteiger partial charge in [-0.3, -0.25) is 9.59 Å². The van der Waals surface area contributed by atoms with Crippen LogP contribution in [0.1, 0.15) is 22.3 Å². The second-order valence-electron chi connectivity index (χ2n) is 7.50. The van der Waals surface area contributed by atoms with E-state index in [1.54, 1.807) is 6.07 Å². The van der Waals surface area contributed by atoms with Crippen LogP contribution in [0.4, 0.5) is 0 Å². The zero-order valence-electron chi connectivity index (χ0n) is 15.4. The highest BCUT2D eigenvalue weighted by atomic mass is 16.3. The lowest BCUT2D eigenvalue weighted by atomic mass is 9.75. The summed E-state index contributed by atoms with van der Waals surface area (Å²) in [5, 5.41) is 3.28. The Kier molecular flexibility index (Phi) is 4.99. The fraction of sp³-hybridized carbons (Fsp3) is 0.429. The van der Waals surface area contributed by atoms with Crippen molar-refractivity contribution in [2.24, 2.45) is 5.41 Å². The molecule has 2 aliphatic heterocycles. The van der Waals surface area contributed by atoms with E-state index in [9.17, 15) is 9.59 Å². The van der Waals surface area contributed by atoms with Gasteiger partial charge in [-0.25, -0.2) is 0 Å². The lowest BCUT2D eigenvalue weighted by Crippen LogP contribution is -2.63. The molecule has 1 N–H and O–H groups in total. The lowest BCUT2D eigenvalue weighted by molar-refractivity contribution is -0.145. The molecule has 1 aromatic heterocycles. The fourth-order valence-corrected chi connectivity index (χ4v) is 3.99. The van der Waals surface area contributed by atoms with Crippen LogP contribution in [0.5, 0.6) is 0 Å². The van der Waals surface area contributed by atoms with Crippen LogP contribution < -0.4 is 5.32 Å². The van der Waals surface area contributed by atoms with E-state index in [0.717, 1.165) is 25.9 Å². The molecule has 2 amide bonds. The number of benzene rings is 1. The molecule has 6 heteroatoms. The number of hydrogen-bond acceptors (Lipinski definition) is 4. The number of nitrogens with one attached hydrogen (secondary N) is 1. The first-order valence-electron chi connectivity index (χ1n) is 9.53. The maximum atomic E-state index is 13.3. The molecule has 0 spiro atoms. The van der Waals surface area contributed by atoms with E-state index >= 15 is 0 Å². The second kappa shape index (κ2) is 7.56. The quantitative estimate of drug-likeness (QED) is 0.895. The van der Waals surface area contributed by atoms with E-state index in [2.05, 4.69) is 17.4 Å². The molecule has 4 rings (SSSR count). The Balaban J connectivity index is 1.42. The summed E-state index contributed by atoms with van der Waals surface area (Å²) in [6, 6.07) is 11.9. The molecule has 27 heavy (non-hydrogen) atoms. The minimum atomic E-state index is -0.356. The maximum Gasteiger partial charge on any atom is 0.257 e. The highest BCUT2D eigenvalue weighted by Gasteiger charge is 2.46. The zero-order chi connectivity index (χ0) is 18.7. The van der Waals surface area contributed by atoms with Crippen molar-refractivity contribution >= 4 is 11.8 Å². The monoisotopic (exact) mass is 367 g/mol. The predicted octanol–water partition coefficient (Wildman–Crippen LogP) is 1.79. The largest absolute Gasteiger partial charge is 0.472 e. The van der Waals surface area contributed by atoms with Crippen LogP contribution in [0.15, 0.2) is 53.3 Å². The van der Waals surface area contributed by atoms with Gasteiger partial charge in [0.2, 0.25) is 5.91 Å². The Labute approximate surface area is 159 Å². The van der Waals surface area contributed by atoms with Gasteiger partial charge in [0.05, 0.1) is 17.2 Å². The summed E-state index contributed by atoms with van der Waals surface area (Å²) in [6.07, 6.45) is 4.54. The van der Waals surface area contributed by atoms with Gasteiger partial charge < -0.3 is 19.5 Å². The molecule has 0 unspecified atom stereocenters. The highest BCUT2D eigenvalue weighted by Crippen LogP contribution is 2.31. The third-order valence-electron chi connectivity index (χ3n) is 5.60. The molecule has 6 nitrogen and oxygen atoms in total. The van der Waals surface area contributed by atoms with Crippen LogP contribution in [-0.2, 0) is 11.2 Å². The van der Waals surface area contributed by atoms with Gasteiger partial charge in [0.25, 0.3) is 5.91 Å². The minimum absolute atomic E-state index is 0.0256. The number of nitrogens with zero attached hydrogens (tertiary/aromatic N) is 2. The number of rotatable bonds is 4. The molecule has 2 saturated heterocycles. The van der Waals surface area contributed by atoms with E-state index in [1.165, 1.54) is 18.1 Å². The highest BCUT2D eigenvalue weighted by molar-refractivity contribution is 5.94. The third-order valence-corrected chi connectivity index (χ3v) is 5.60. The minimum Gasteiger partial charge on any atom is -0.472 e. The number of carbonyl (C=O) groups excluding carboxylic acids is 2. The van der Waals surface area contributed by atoms with Crippen LogP contribution in [-0.4, -0.2) is 60.9 Å². The van der Waals surface area contributed by atoms with Crippen molar-refractivity contribution in [2.75, 3.05) is 39.3 Å². The van der Waals surface area contributed by atoms with Gasteiger partial charge in [-0.1, -0.05) is 30.3 Å². The normalized spacial score (nSPS) is 19.3. The van der Waals surface area contributed by atoms with Crippen molar-refractivity contribution < 1.29 is 14.0 Å². The van der Waals surface area contributed by atoms with Gasteiger partial charge in [-0.05, 0) is 24.5 Å². The second-order valence-corrected chi connectivity index (χ2v) is 7.50. The van der Waals surface area contributed by atoms with Crippen LogP contribution in [0.3, 0.4) is 0 Å². The van der Waals surface area contributed by atoms with E-state index in [4.69, 9.17) is 4.42 Å². The number of hydrogen-bond donors (Lipinski definition) is 1. The van der Waals surface area contributed by atoms with Gasteiger partial charge in [0.1, 0.15) is 6.26 Å². The van der Waals surface area contributed by atoms with Gasteiger partial charge in [-0.2, -0.15) is 0 Å². The van der Waals surface area contributed by atoms with Crippen molar-refractivity contribution in [3.8, 4) is 0 Å². The Morgan fingerprint density at radius 3 is 2.41 bits per heavy atom. The number of furan rings is 1. The molecule has 2 aromatic rings. The van der Waals surface area contributed by atoms with Gasteiger partial charge >= 0.3 is 0 Å². The first-order valence-corrected chi connectivity index (χ1v) is 9.53. The standard InChI is InChI=1S/C21H25N3O3/c25-19(18-7-12-27-14-18)23-8-4-9-24(11-10-23)20(26)21(15-22-16-21)13-17-5-2-1-3-6-17/h1-3,5-7,12,14,22H,4,8-11,13,15-16H2. The van der Waals surface area contributed by atoms with Crippen LogP contribution in [0.25, 0.3) is 0 Å². The van der Waals surface area contributed by atoms with Gasteiger partial charge in [0.15, 0.2) is 0 Å². The average molecular weight is 367 g/mol. The molecule has 2 fully saturated rings. The number of carbonyl (C=O) groups is 2. The molecule has 1 aromatic carbocycles. The zero-order valence-corrected chi connectivity index (χ0v) is 15.4. The van der Waals surface area contributed by atoms with Crippen LogP contribution in [0.2, 0.25) is 0 Å². The third kappa shape index (κ3) is 3.62. The van der Waals surface area contributed by atoms with Crippen LogP contribution >= 0.6 is 0 Å². The Hall–Kier alpha value is -2.60. The molecule has 0 aliphatic carbocycles. The Bertz CT molecular complexity index is 784. The first kappa shape index (κ1) is 17.8.